The molecule has 4 heteroatoms. The smallest absolute Gasteiger partial charge is 0.304 e. The Labute approximate surface area is 86.1 Å². The molecule has 0 saturated heterocycles. The summed E-state index contributed by atoms with van der Waals surface area (Å²) in [7, 11) is 0. The van der Waals surface area contributed by atoms with E-state index in [0.29, 0.717) is 13.1 Å². The van der Waals surface area contributed by atoms with Gasteiger partial charge in [0.1, 0.15) is 0 Å². The van der Waals surface area contributed by atoms with Gasteiger partial charge < -0.3 is 15.7 Å². The van der Waals surface area contributed by atoms with Crippen LogP contribution >= 0.6 is 0 Å². The van der Waals surface area contributed by atoms with Crippen molar-refractivity contribution in [2.75, 3.05) is 26.2 Å². The topological polar surface area (TPSA) is 66.6 Å². The molecule has 0 rings (SSSR count). The predicted molar refractivity (Wildman–Crippen MR) is 57.2 cm³/mol. The first-order valence-electron chi connectivity index (χ1n) is 5.05. The summed E-state index contributed by atoms with van der Waals surface area (Å²) in [5.74, 6) is -0.742. The molecule has 0 unspecified atom stereocenters. The molecule has 0 aromatic carbocycles. The van der Waals surface area contributed by atoms with E-state index in [9.17, 15) is 4.79 Å². The Bertz CT molecular complexity index is 181. The molecule has 3 N–H and O–H groups in total. The molecule has 84 valence electrons. The lowest BCUT2D eigenvalue weighted by atomic mass is 9.93. The van der Waals surface area contributed by atoms with Crippen LogP contribution in [0.1, 0.15) is 27.2 Å². The van der Waals surface area contributed by atoms with Crippen molar-refractivity contribution in [3.8, 4) is 0 Å². The highest BCUT2D eigenvalue weighted by atomic mass is 16.4. The lowest BCUT2D eigenvalue weighted by Gasteiger charge is -2.30. The van der Waals surface area contributed by atoms with Crippen LogP contribution in [0.25, 0.3) is 0 Å². The van der Waals surface area contributed by atoms with Crippen LogP contribution in [0.15, 0.2) is 0 Å². The van der Waals surface area contributed by atoms with Crippen molar-refractivity contribution in [3.63, 3.8) is 0 Å². The number of carboxylic acids is 1. The summed E-state index contributed by atoms with van der Waals surface area (Å²) in [5, 5.41) is 8.56. The van der Waals surface area contributed by atoms with Crippen LogP contribution in [0, 0.1) is 5.41 Å². The Hall–Kier alpha value is -0.610. The molecule has 14 heavy (non-hydrogen) atoms. The molecule has 0 aliphatic rings. The standard InChI is InChI=1S/C10H22N2O2/c1-4-12(6-5-9(13)14)8-10(2,3)7-11/h4-8,11H2,1-3H3,(H,13,14). The van der Waals surface area contributed by atoms with Crippen molar-refractivity contribution in [2.24, 2.45) is 11.1 Å². The molecule has 0 radical (unpaired) electrons. The first-order chi connectivity index (χ1) is 6.41. The zero-order valence-corrected chi connectivity index (χ0v) is 9.42. The summed E-state index contributed by atoms with van der Waals surface area (Å²) in [6, 6.07) is 0. The lowest BCUT2D eigenvalue weighted by Crippen LogP contribution is -2.39. The molecule has 0 aromatic heterocycles. The molecule has 0 aliphatic carbocycles. The van der Waals surface area contributed by atoms with E-state index in [-0.39, 0.29) is 11.8 Å². The second-order valence-corrected chi connectivity index (χ2v) is 4.38. The van der Waals surface area contributed by atoms with Gasteiger partial charge in [0.25, 0.3) is 0 Å². The minimum atomic E-state index is -0.742. The minimum Gasteiger partial charge on any atom is -0.481 e. The maximum Gasteiger partial charge on any atom is 0.304 e. The summed E-state index contributed by atoms with van der Waals surface area (Å²) in [6.45, 7) is 9.18. The number of nitrogens with zero attached hydrogens (tertiary/aromatic N) is 1. The van der Waals surface area contributed by atoms with Crippen LogP contribution in [-0.2, 0) is 4.79 Å². The Morgan fingerprint density at radius 3 is 2.43 bits per heavy atom. The molecule has 0 atom stereocenters. The van der Waals surface area contributed by atoms with Crippen molar-refractivity contribution in [1.82, 2.24) is 4.90 Å². The molecule has 0 fully saturated rings. The molecular formula is C10H22N2O2. The van der Waals surface area contributed by atoms with Gasteiger partial charge in [-0.05, 0) is 18.5 Å². The van der Waals surface area contributed by atoms with Gasteiger partial charge in [0.2, 0.25) is 0 Å². The van der Waals surface area contributed by atoms with Gasteiger partial charge >= 0.3 is 5.97 Å². The number of hydrogen-bond acceptors (Lipinski definition) is 3. The van der Waals surface area contributed by atoms with E-state index in [0.717, 1.165) is 13.1 Å². The fourth-order valence-corrected chi connectivity index (χ4v) is 1.27. The van der Waals surface area contributed by atoms with Gasteiger partial charge in [0, 0.05) is 13.1 Å². The number of aliphatic carboxylic acids is 1. The second kappa shape index (κ2) is 5.98. The van der Waals surface area contributed by atoms with Crippen LogP contribution in [-0.4, -0.2) is 42.2 Å². The molecule has 0 aromatic rings. The molecule has 0 spiro atoms. The van der Waals surface area contributed by atoms with Gasteiger partial charge in [-0.15, -0.1) is 0 Å². The largest absolute Gasteiger partial charge is 0.481 e. The van der Waals surface area contributed by atoms with Gasteiger partial charge in [0.15, 0.2) is 0 Å². The van der Waals surface area contributed by atoms with Crippen molar-refractivity contribution < 1.29 is 9.90 Å². The van der Waals surface area contributed by atoms with Crippen molar-refractivity contribution in [2.45, 2.75) is 27.2 Å². The summed E-state index contributed by atoms with van der Waals surface area (Å²) < 4.78 is 0. The fourth-order valence-electron chi connectivity index (χ4n) is 1.27. The van der Waals surface area contributed by atoms with Gasteiger partial charge in [0.05, 0.1) is 6.42 Å². The molecule has 0 aliphatic heterocycles. The third-order valence-electron chi connectivity index (χ3n) is 2.29. The van der Waals surface area contributed by atoms with E-state index in [1.165, 1.54) is 0 Å². The zero-order chi connectivity index (χ0) is 11.2. The molecule has 0 amide bonds. The average molecular weight is 202 g/mol. The van der Waals surface area contributed by atoms with E-state index >= 15 is 0 Å². The number of carboxylic acid groups (broad SMARTS) is 1. The first kappa shape index (κ1) is 13.4. The fraction of sp³-hybridized carbons (Fsp3) is 0.900. The van der Waals surface area contributed by atoms with E-state index in [2.05, 4.69) is 18.7 Å². The number of nitrogens with two attached hydrogens (primary N) is 1. The highest BCUT2D eigenvalue weighted by Crippen LogP contribution is 2.14. The number of carbonyl (C=O) groups is 1. The maximum absolute atomic E-state index is 10.4. The van der Waals surface area contributed by atoms with E-state index in [1.54, 1.807) is 0 Å². The van der Waals surface area contributed by atoms with E-state index < -0.39 is 5.97 Å². The summed E-state index contributed by atoms with van der Waals surface area (Å²) in [4.78, 5) is 12.5. The third kappa shape index (κ3) is 5.94. The van der Waals surface area contributed by atoms with Gasteiger partial charge in [-0.25, -0.2) is 0 Å². The van der Waals surface area contributed by atoms with Crippen LogP contribution in [0.2, 0.25) is 0 Å². The van der Waals surface area contributed by atoms with Crippen LogP contribution < -0.4 is 5.73 Å². The number of rotatable bonds is 7. The normalized spacial score (nSPS) is 12.1. The summed E-state index contributed by atoms with van der Waals surface area (Å²) >= 11 is 0. The predicted octanol–water partition coefficient (Wildman–Crippen LogP) is 0.768. The van der Waals surface area contributed by atoms with Crippen molar-refractivity contribution in [1.29, 1.82) is 0 Å². The highest BCUT2D eigenvalue weighted by Gasteiger charge is 2.19. The zero-order valence-electron chi connectivity index (χ0n) is 9.42. The Morgan fingerprint density at radius 1 is 1.50 bits per heavy atom. The monoisotopic (exact) mass is 202 g/mol. The van der Waals surface area contributed by atoms with Crippen molar-refractivity contribution >= 4 is 5.97 Å². The average Bonchev–Trinajstić information content (AvgIpc) is 2.12. The Kier molecular flexibility index (Phi) is 5.72. The van der Waals surface area contributed by atoms with Gasteiger partial charge in [-0.2, -0.15) is 0 Å². The lowest BCUT2D eigenvalue weighted by molar-refractivity contribution is -0.137. The van der Waals surface area contributed by atoms with E-state index in [4.69, 9.17) is 10.8 Å². The summed E-state index contributed by atoms with van der Waals surface area (Å²) in [5.41, 5.74) is 5.69. The minimum absolute atomic E-state index is 0.0640. The van der Waals surface area contributed by atoms with Crippen molar-refractivity contribution in [3.05, 3.63) is 0 Å². The second-order valence-electron chi connectivity index (χ2n) is 4.38. The third-order valence-corrected chi connectivity index (χ3v) is 2.29. The SMILES string of the molecule is CCN(CCC(=O)O)CC(C)(C)CN. The molecule has 4 nitrogen and oxygen atoms in total. The summed E-state index contributed by atoms with van der Waals surface area (Å²) in [6.07, 6.45) is 0.203. The molecule has 0 bridgehead atoms. The highest BCUT2D eigenvalue weighted by molar-refractivity contribution is 5.66. The van der Waals surface area contributed by atoms with Crippen LogP contribution in [0.4, 0.5) is 0 Å². The quantitative estimate of drug-likeness (QED) is 0.640. The maximum atomic E-state index is 10.4. The van der Waals surface area contributed by atoms with E-state index in [1.807, 2.05) is 6.92 Å². The number of hydrogen-bond donors (Lipinski definition) is 2. The molecular weight excluding hydrogens is 180 g/mol. The Morgan fingerprint density at radius 2 is 2.07 bits per heavy atom. The molecule has 0 heterocycles. The van der Waals surface area contributed by atoms with Gasteiger partial charge in [-0.1, -0.05) is 20.8 Å². The van der Waals surface area contributed by atoms with Gasteiger partial charge in [-0.3, -0.25) is 4.79 Å². The van der Waals surface area contributed by atoms with Crippen LogP contribution in [0.3, 0.4) is 0 Å². The first-order valence-corrected chi connectivity index (χ1v) is 5.05. The van der Waals surface area contributed by atoms with Crippen LogP contribution in [0.5, 0.6) is 0 Å². The Balaban J connectivity index is 3.96. The molecule has 0 saturated carbocycles.